The second-order valence-corrected chi connectivity index (χ2v) is 2.86. The van der Waals surface area contributed by atoms with Crippen molar-refractivity contribution in [2.24, 2.45) is 5.73 Å². The topological polar surface area (TPSA) is 98.2 Å². The number of primary amides is 1. The molecule has 0 unspecified atom stereocenters. The van der Waals surface area contributed by atoms with Gasteiger partial charge in [0.25, 0.3) is 5.91 Å². The van der Waals surface area contributed by atoms with Crippen molar-refractivity contribution in [2.45, 2.75) is 0 Å². The van der Waals surface area contributed by atoms with Crippen LogP contribution in [0.4, 0.5) is 10.5 Å². The van der Waals surface area contributed by atoms with Gasteiger partial charge in [0.15, 0.2) is 0 Å². The Morgan fingerprint density at radius 3 is 2.67 bits per heavy atom. The molecule has 78 valence electrons. The normalized spacial score (nSPS) is 10.1. The van der Waals surface area contributed by atoms with Gasteiger partial charge in [-0.2, -0.15) is 0 Å². The number of nitrogens with one attached hydrogen (secondary N) is 1. The number of carbonyl (C=O) groups excluding carboxylic acids is 2. The predicted octanol–water partition coefficient (Wildman–Crippen LogP) is 0.477. The second-order valence-electron chi connectivity index (χ2n) is 2.86. The van der Waals surface area contributed by atoms with Crippen molar-refractivity contribution in [2.75, 3.05) is 5.73 Å². The third-order valence-corrected chi connectivity index (χ3v) is 1.58. The van der Waals surface area contributed by atoms with Crippen LogP contribution in [0.15, 0.2) is 30.3 Å². The summed E-state index contributed by atoms with van der Waals surface area (Å²) in [4.78, 5) is 21.3. The first-order valence-electron chi connectivity index (χ1n) is 4.22. The number of hydrogen-bond acceptors (Lipinski definition) is 3. The summed E-state index contributed by atoms with van der Waals surface area (Å²) in [5, 5.41) is 1.91. The first-order chi connectivity index (χ1) is 7.08. The largest absolute Gasteiger partial charge is 0.399 e. The molecule has 0 radical (unpaired) electrons. The number of amides is 3. The summed E-state index contributed by atoms with van der Waals surface area (Å²) in [6.45, 7) is 0. The molecule has 0 heterocycles. The Hall–Kier alpha value is -2.30. The van der Waals surface area contributed by atoms with Gasteiger partial charge in [-0.1, -0.05) is 12.1 Å². The summed E-state index contributed by atoms with van der Waals surface area (Å²) in [7, 11) is 0. The van der Waals surface area contributed by atoms with Crippen LogP contribution in [-0.2, 0) is 4.79 Å². The Kier molecular flexibility index (Phi) is 3.45. The number of nitrogen functional groups attached to an aromatic ring is 1. The molecule has 5 heteroatoms. The van der Waals surface area contributed by atoms with E-state index in [1.165, 1.54) is 12.2 Å². The molecule has 0 aromatic heterocycles. The summed E-state index contributed by atoms with van der Waals surface area (Å²) in [6.07, 6.45) is 2.74. The van der Waals surface area contributed by atoms with Crippen LogP contribution >= 0.6 is 0 Å². The molecule has 0 saturated carbocycles. The van der Waals surface area contributed by atoms with Gasteiger partial charge >= 0.3 is 6.03 Å². The molecule has 1 aromatic rings. The van der Waals surface area contributed by atoms with Crippen LogP contribution in [0.3, 0.4) is 0 Å². The molecule has 0 spiro atoms. The Bertz CT molecular complexity index is 413. The molecular formula is C10H11N3O2. The third-order valence-electron chi connectivity index (χ3n) is 1.58. The predicted molar refractivity (Wildman–Crippen MR) is 57.6 cm³/mol. The zero-order valence-corrected chi connectivity index (χ0v) is 7.94. The van der Waals surface area contributed by atoms with E-state index in [9.17, 15) is 9.59 Å². The summed E-state index contributed by atoms with van der Waals surface area (Å²) >= 11 is 0. The minimum atomic E-state index is -0.878. The van der Waals surface area contributed by atoms with Crippen LogP contribution in [0.2, 0.25) is 0 Å². The molecule has 0 aliphatic carbocycles. The van der Waals surface area contributed by atoms with E-state index in [-0.39, 0.29) is 0 Å². The maximum Gasteiger partial charge on any atom is 0.319 e. The average molecular weight is 205 g/mol. The van der Waals surface area contributed by atoms with Gasteiger partial charge in [-0.05, 0) is 23.8 Å². The van der Waals surface area contributed by atoms with Gasteiger partial charge in [-0.3, -0.25) is 10.1 Å². The summed E-state index contributed by atoms with van der Waals surface area (Å²) < 4.78 is 0. The lowest BCUT2D eigenvalue weighted by Gasteiger charge is -1.96. The number of hydrogen-bond donors (Lipinski definition) is 3. The van der Waals surface area contributed by atoms with Gasteiger partial charge in [0.2, 0.25) is 0 Å². The van der Waals surface area contributed by atoms with Crippen molar-refractivity contribution in [1.82, 2.24) is 5.32 Å². The van der Waals surface area contributed by atoms with E-state index in [2.05, 4.69) is 0 Å². The molecule has 0 aliphatic rings. The SMILES string of the molecule is NC(=O)NC(=O)/C=C/c1cccc(N)c1. The van der Waals surface area contributed by atoms with Gasteiger partial charge in [-0.15, -0.1) is 0 Å². The number of anilines is 1. The Labute approximate surface area is 86.8 Å². The lowest BCUT2D eigenvalue weighted by Crippen LogP contribution is -2.33. The quantitative estimate of drug-likeness (QED) is 0.483. The molecule has 1 aromatic carbocycles. The maximum absolute atomic E-state index is 11.0. The lowest BCUT2D eigenvalue weighted by atomic mass is 10.2. The van der Waals surface area contributed by atoms with Crippen molar-refractivity contribution in [1.29, 1.82) is 0 Å². The van der Waals surface area contributed by atoms with Crippen LogP contribution in [0, 0.1) is 0 Å². The smallest absolute Gasteiger partial charge is 0.319 e. The maximum atomic E-state index is 11.0. The van der Waals surface area contributed by atoms with Crippen LogP contribution in [0.1, 0.15) is 5.56 Å². The zero-order valence-electron chi connectivity index (χ0n) is 7.94. The first kappa shape index (κ1) is 10.8. The van der Waals surface area contributed by atoms with E-state index < -0.39 is 11.9 Å². The van der Waals surface area contributed by atoms with Crippen molar-refractivity contribution in [3.63, 3.8) is 0 Å². The molecule has 0 bridgehead atoms. The van der Waals surface area contributed by atoms with Gasteiger partial charge < -0.3 is 11.5 Å². The molecule has 1 rings (SSSR count). The highest BCUT2D eigenvalue weighted by Crippen LogP contribution is 2.07. The van der Waals surface area contributed by atoms with E-state index in [1.54, 1.807) is 24.3 Å². The molecule has 0 fully saturated rings. The van der Waals surface area contributed by atoms with E-state index >= 15 is 0 Å². The molecule has 5 nitrogen and oxygen atoms in total. The van der Waals surface area contributed by atoms with E-state index in [1.807, 2.05) is 5.32 Å². The number of nitrogens with two attached hydrogens (primary N) is 2. The highest BCUT2D eigenvalue weighted by atomic mass is 16.2. The van der Waals surface area contributed by atoms with Crippen LogP contribution in [0.5, 0.6) is 0 Å². The Morgan fingerprint density at radius 2 is 2.07 bits per heavy atom. The first-order valence-corrected chi connectivity index (χ1v) is 4.22. The molecule has 15 heavy (non-hydrogen) atoms. The molecule has 0 aliphatic heterocycles. The fourth-order valence-corrected chi connectivity index (χ4v) is 0.998. The van der Waals surface area contributed by atoms with Gasteiger partial charge in [0, 0.05) is 11.8 Å². The monoisotopic (exact) mass is 205 g/mol. The average Bonchev–Trinajstić information content (AvgIpc) is 2.14. The number of imide groups is 1. The van der Waals surface area contributed by atoms with Crippen LogP contribution < -0.4 is 16.8 Å². The van der Waals surface area contributed by atoms with Crippen LogP contribution in [-0.4, -0.2) is 11.9 Å². The number of benzene rings is 1. The third kappa shape index (κ3) is 3.95. The minimum absolute atomic E-state index is 0.565. The van der Waals surface area contributed by atoms with E-state index in [0.717, 1.165) is 5.56 Å². The van der Waals surface area contributed by atoms with Crippen LogP contribution in [0.25, 0.3) is 6.08 Å². The van der Waals surface area contributed by atoms with E-state index in [4.69, 9.17) is 11.5 Å². The molecular weight excluding hydrogens is 194 g/mol. The highest BCUT2D eigenvalue weighted by molar-refractivity contribution is 6.01. The highest BCUT2D eigenvalue weighted by Gasteiger charge is 1.97. The fraction of sp³-hybridized carbons (Fsp3) is 0. The number of carbonyl (C=O) groups is 2. The zero-order chi connectivity index (χ0) is 11.3. The van der Waals surface area contributed by atoms with Crippen molar-refractivity contribution >= 4 is 23.7 Å². The van der Waals surface area contributed by atoms with Gasteiger partial charge in [0.1, 0.15) is 0 Å². The number of rotatable bonds is 2. The van der Waals surface area contributed by atoms with Gasteiger partial charge in [0.05, 0.1) is 0 Å². The second kappa shape index (κ2) is 4.80. The summed E-state index contributed by atoms with van der Waals surface area (Å²) in [6, 6.07) is 6.11. The standard InChI is InChI=1S/C10H11N3O2/c11-8-3-1-2-7(6-8)4-5-9(14)13-10(12)15/h1-6H,11H2,(H3,12,13,14,15)/b5-4+. The van der Waals surface area contributed by atoms with Gasteiger partial charge in [-0.25, -0.2) is 4.79 Å². The van der Waals surface area contributed by atoms with Crippen molar-refractivity contribution < 1.29 is 9.59 Å². The van der Waals surface area contributed by atoms with Crippen molar-refractivity contribution in [3.05, 3.63) is 35.9 Å². The molecule has 5 N–H and O–H groups in total. The Balaban J connectivity index is 2.65. The lowest BCUT2D eigenvalue weighted by molar-refractivity contribution is -0.115. The molecule has 0 atom stereocenters. The Morgan fingerprint density at radius 1 is 1.33 bits per heavy atom. The summed E-state index contributed by atoms with van der Waals surface area (Å²) in [5.74, 6) is -0.565. The van der Waals surface area contributed by atoms with E-state index in [0.29, 0.717) is 5.69 Å². The number of urea groups is 1. The fourth-order valence-electron chi connectivity index (χ4n) is 0.998. The minimum Gasteiger partial charge on any atom is -0.399 e. The van der Waals surface area contributed by atoms with Crippen molar-refractivity contribution in [3.8, 4) is 0 Å². The molecule has 3 amide bonds. The molecule has 0 saturated heterocycles. The summed E-state index contributed by atoms with van der Waals surface area (Å²) in [5.41, 5.74) is 11.7.